The summed E-state index contributed by atoms with van der Waals surface area (Å²) in [6.07, 6.45) is 6.61. The number of carbonyl (C=O) groups excluding carboxylic acids is 3. The highest BCUT2D eigenvalue weighted by Crippen LogP contribution is 2.52. The van der Waals surface area contributed by atoms with Crippen molar-refractivity contribution in [2.45, 2.75) is 86.4 Å². The quantitative estimate of drug-likeness (QED) is 0.188. The van der Waals surface area contributed by atoms with Gasteiger partial charge in [0.2, 0.25) is 17.6 Å². The first-order valence-electron chi connectivity index (χ1n) is 14.0. The van der Waals surface area contributed by atoms with Crippen LogP contribution in [0.5, 0.6) is 0 Å². The molecule has 4 aliphatic heterocycles. The van der Waals surface area contributed by atoms with Gasteiger partial charge in [0.05, 0.1) is 12.6 Å². The number of carbonyl (C=O) groups is 3. The normalized spacial score (nSPS) is 33.0. The van der Waals surface area contributed by atoms with E-state index in [1.54, 1.807) is 6.07 Å². The number of hydrogen-bond acceptors (Lipinski definition) is 11. The summed E-state index contributed by atoms with van der Waals surface area (Å²) in [6.45, 7) is -0.199. The molecule has 0 radical (unpaired) electrons. The Kier molecular flexibility index (Phi) is 5.31. The van der Waals surface area contributed by atoms with E-state index < -0.39 is 35.5 Å². The fraction of sp³-hybridized carbons (Fsp3) is 0.593. The van der Waals surface area contributed by atoms with Crippen molar-refractivity contribution in [1.29, 1.82) is 0 Å². The van der Waals surface area contributed by atoms with E-state index in [1.807, 2.05) is 6.07 Å². The second-order valence-electron chi connectivity index (χ2n) is 12.0. The molecule has 3 amide bonds. The molecular formula is C27H34N8O5. The molecule has 6 aliphatic rings. The number of aliphatic imine (C=N–C) groups is 2. The zero-order chi connectivity index (χ0) is 28.0. The summed E-state index contributed by atoms with van der Waals surface area (Å²) in [4.78, 5) is 49.8. The van der Waals surface area contributed by atoms with E-state index in [9.17, 15) is 24.6 Å². The van der Waals surface area contributed by atoms with Gasteiger partial charge in [-0.25, -0.2) is 9.98 Å². The zero-order valence-corrected chi connectivity index (χ0v) is 22.1. The van der Waals surface area contributed by atoms with Crippen molar-refractivity contribution in [3.8, 4) is 0 Å². The van der Waals surface area contributed by atoms with E-state index in [-0.39, 0.29) is 55.1 Å². The Balaban J connectivity index is 1.19. The third kappa shape index (κ3) is 3.24. The summed E-state index contributed by atoms with van der Waals surface area (Å²) >= 11 is 0. The largest absolute Gasteiger partial charge is 0.370 e. The van der Waals surface area contributed by atoms with Gasteiger partial charge in [-0.05, 0) is 54.7 Å². The number of guanidine groups is 2. The minimum Gasteiger partial charge on any atom is -0.370 e. The molecule has 13 heteroatoms. The molecule has 1 aromatic carbocycles. The van der Waals surface area contributed by atoms with Gasteiger partial charge in [-0.1, -0.05) is 18.6 Å². The van der Waals surface area contributed by atoms with E-state index in [2.05, 4.69) is 26.7 Å². The highest BCUT2D eigenvalue weighted by Gasteiger charge is 2.73. The number of fused-ring (bicyclic) bond motifs is 2. The average molecular weight is 551 g/mol. The van der Waals surface area contributed by atoms with E-state index >= 15 is 0 Å². The second-order valence-corrected chi connectivity index (χ2v) is 12.0. The topological polar surface area (TPSA) is 199 Å². The number of nitrogens with one attached hydrogen (secondary N) is 2. The van der Waals surface area contributed by atoms with Gasteiger partial charge >= 0.3 is 0 Å². The van der Waals surface area contributed by atoms with Crippen LogP contribution in [-0.2, 0) is 21.4 Å². The number of nitrogens with two attached hydrogens (primary N) is 2. The minimum atomic E-state index is -2.60. The Morgan fingerprint density at radius 2 is 1.80 bits per heavy atom. The van der Waals surface area contributed by atoms with Gasteiger partial charge < -0.3 is 37.2 Å². The molecule has 4 heterocycles. The van der Waals surface area contributed by atoms with Crippen molar-refractivity contribution >= 4 is 29.6 Å². The van der Waals surface area contributed by atoms with Crippen LogP contribution >= 0.6 is 0 Å². The van der Waals surface area contributed by atoms with Crippen LogP contribution < -0.4 is 22.1 Å². The predicted molar refractivity (Wildman–Crippen MR) is 143 cm³/mol. The summed E-state index contributed by atoms with van der Waals surface area (Å²) in [5, 5.41) is 29.2. The lowest BCUT2D eigenvalue weighted by Crippen LogP contribution is -2.78. The third-order valence-electron chi connectivity index (χ3n) is 10.0. The van der Waals surface area contributed by atoms with Crippen molar-refractivity contribution in [2.24, 2.45) is 21.5 Å². The maximum Gasteiger partial charge on any atom is 0.252 e. The lowest BCUT2D eigenvalue weighted by atomic mass is 9.58. The van der Waals surface area contributed by atoms with E-state index in [0.717, 1.165) is 42.6 Å². The first-order valence-corrected chi connectivity index (χ1v) is 14.0. The summed E-state index contributed by atoms with van der Waals surface area (Å²) < 4.78 is 0. The average Bonchev–Trinajstić information content (AvgIpc) is 3.49. The maximum atomic E-state index is 13.7. The van der Waals surface area contributed by atoms with Gasteiger partial charge in [0.1, 0.15) is 12.1 Å². The summed E-state index contributed by atoms with van der Waals surface area (Å²) in [5.74, 6) is -3.75. The Morgan fingerprint density at radius 3 is 2.50 bits per heavy atom. The number of amides is 3. The minimum absolute atomic E-state index is 0.0361. The molecule has 0 bridgehead atoms. The smallest absolute Gasteiger partial charge is 0.252 e. The Bertz CT molecular complexity index is 1370. The van der Waals surface area contributed by atoms with Gasteiger partial charge in [0.15, 0.2) is 17.6 Å². The Labute approximate surface area is 230 Å². The third-order valence-corrected chi connectivity index (χ3v) is 10.0. The van der Waals surface area contributed by atoms with Crippen molar-refractivity contribution in [3.63, 3.8) is 0 Å². The number of likely N-dealkylation sites (tertiary alicyclic amines) is 1. The van der Waals surface area contributed by atoms with Crippen molar-refractivity contribution < 1.29 is 24.6 Å². The number of benzene rings is 1. The first kappa shape index (κ1) is 25.3. The van der Waals surface area contributed by atoms with Crippen LogP contribution in [0.25, 0.3) is 0 Å². The lowest BCUT2D eigenvalue weighted by Gasteiger charge is -2.49. The van der Waals surface area contributed by atoms with Gasteiger partial charge in [-0.2, -0.15) is 0 Å². The van der Waals surface area contributed by atoms with Crippen LogP contribution in [0.4, 0.5) is 0 Å². The molecule has 0 aromatic heterocycles. The van der Waals surface area contributed by atoms with Crippen LogP contribution in [0.15, 0.2) is 28.2 Å². The van der Waals surface area contributed by atoms with E-state index in [4.69, 9.17) is 11.5 Å². The summed E-state index contributed by atoms with van der Waals surface area (Å²) in [7, 11) is 0. The van der Waals surface area contributed by atoms with Crippen LogP contribution in [0.1, 0.15) is 66.4 Å². The van der Waals surface area contributed by atoms with Gasteiger partial charge in [-0.15, -0.1) is 0 Å². The molecule has 3 fully saturated rings. The molecule has 40 heavy (non-hydrogen) atoms. The molecule has 13 nitrogen and oxygen atoms in total. The van der Waals surface area contributed by atoms with Gasteiger partial charge in [0.25, 0.3) is 5.91 Å². The lowest BCUT2D eigenvalue weighted by molar-refractivity contribution is -0.230. The van der Waals surface area contributed by atoms with E-state index in [0.29, 0.717) is 5.56 Å². The van der Waals surface area contributed by atoms with Gasteiger partial charge in [0, 0.05) is 24.9 Å². The summed E-state index contributed by atoms with van der Waals surface area (Å²) in [6, 6.07) is 2.76. The van der Waals surface area contributed by atoms with Crippen LogP contribution in [0.3, 0.4) is 0 Å². The Hall–Kier alpha value is -3.71. The maximum absolute atomic E-state index is 13.7. The molecular weight excluding hydrogens is 516 g/mol. The highest BCUT2D eigenvalue weighted by atomic mass is 16.5. The number of rotatable bonds is 4. The molecule has 1 saturated carbocycles. The Morgan fingerprint density at radius 1 is 1.07 bits per heavy atom. The molecule has 7 rings (SSSR count). The van der Waals surface area contributed by atoms with Crippen LogP contribution in [0, 0.1) is 0 Å². The molecule has 1 aromatic rings. The fourth-order valence-electron chi connectivity index (χ4n) is 7.91. The van der Waals surface area contributed by atoms with Crippen molar-refractivity contribution in [2.75, 3.05) is 13.1 Å². The summed E-state index contributed by atoms with van der Waals surface area (Å²) in [5.41, 5.74) is 13.6. The predicted octanol–water partition coefficient (Wildman–Crippen LogP) is -1.63. The first-order chi connectivity index (χ1) is 19.1. The number of imide groups is 1. The number of hydrogen-bond donors (Lipinski definition) is 6. The van der Waals surface area contributed by atoms with Gasteiger partial charge in [-0.3, -0.25) is 19.3 Å². The number of nitrogens with zero attached hydrogens (tertiary/aromatic N) is 4. The molecule has 4 atom stereocenters. The fourth-order valence-corrected chi connectivity index (χ4v) is 7.91. The molecule has 2 saturated heterocycles. The van der Waals surface area contributed by atoms with Crippen LogP contribution in [-0.4, -0.2) is 92.3 Å². The zero-order valence-electron chi connectivity index (χ0n) is 22.1. The molecule has 2 spiro atoms. The SMILES string of the molecule is NC1=NC2[C@H](CN3C(=O)CCC3=O)N=C(N)N3CC(NC(=O)c4cccc5c4CCCC54CCC4)C(O)(O)C23N1. The van der Waals surface area contributed by atoms with Crippen molar-refractivity contribution in [1.82, 2.24) is 20.4 Å². The molecule has 212 valence electrons. The monoisotopic (exact) mass is 550 g/mol. The molecule has 2 aliphatic carbocycles. The molecule has 8 N–H and O–H groups in total. The standard InChI is InChI=1S/C27H34N8O5/c28-23-32-21-17(12-34-19(36)7-8-20(34)37)30-24(29)35-13-18(27(39,40)26(21,35)33-23)31-22(38)15-4-1-6-16-14(15)5-2-9-25(16)10-3-11-25/h1,4,6,17-18,21,39-40H,2-3,5,7-13H2,(H2,29,30)(H,31,38)(H3,28,32,33)/t17-,18?,21?,26?/m0/s1. The van der Waals surface area contributed by atoms with Crippen molar-refractivity contribution in [3.05, 3.63) is 34.9 Å². The number of aliphatic hydroxyl groups is 2. The van der Waals surface area contributed by atoms with Crippen LogP contribution in [0.2, 0.25) is 0 Å². The van der Waals surface area contributed by atoms with E-state index in [1.165, 1.54) is 16.9 Å². The second kappa shape index (κ2) is 8.40. The highest BCUT2D eigenvalue weighted by molar-refractivity contribution is 6.02. The molecule has 3 unspecified atom stereocenters.